The van der Waals surface area contributed by atoms with Gasteiger partial charge in [0.2, 0.25) is 11.8 Å². The van der Waals surface area contributed by atoms with Crippen molar-refractivity contribution >= 4 is 11.8 Å². The number of amides is 2. The number of carbonyl (C=O) groups is 2. The van der Waals surface area contributed by atoms with Crippen molar-refractivity contribution in [1.82, 2.24) is 9.80 Å². The molecule has 20 heavy (non-hydrogen) atoms. The fourth-order valence-electron chi connectivity index (χ4n) is 3.28. The molecule has 0 radical (unpaired) electrons. The summed E-state index contributed by atoms with van der Waals surface area (Å²) in [6.07, 6.45) is 1.86. The second-order valence-electron chi connectivity index (χ2n) is 6.57. The fourth-order valence-corrected chi connectivity index (χ4v) is 3.28. The molecule has 2 aliphatic heterocycles. The second-order valence-corrected chi connectivity index (χ2v) is 6.57. The average molecular weight is 282 g/mol. The minimum Gasteiger partial charge on any atom is -0.378 e. The molecule has 114 valence electrons. The van der Waals surface area contributed by atoms with Crippen LogP contribution in [-0.4, -0.2) is 59.5 Å². The molecule has 0 spiro atoms. The molecule has 0 aliphatic carbocycles. The maximum atomic E-state index is 12.8. The summed E-state index contributed by atoms with van der Waals surface area (Å²) in [6.45, 7) is 10.3. The van der Waals surface area contributed by atoms with Gasteiger partial charge in [-0.1, -0.05) is 0 Å². The summed E-state index contributed by atoms with van der Waals surface area (Å²) in [7, 11) is 0. The Morgan fingerprint density at radius 3 is 2.50 bits per heavy atom. The Kier molecular flexibility index (Phi) is 4.37. The summed E-state index contributed by atoms with van der Waals surface area (Å²) in [5.74, 6) is 0.233. The van der Waals surface area contributed by atoms with Gasteiger partial charge < -0.3 is 14.5 Å². The molecular formula is C15H26N2O3. The molecule has 2 atom stereocenters. The van der Waals surface area contributed by atoms with Crippen LogP contribution in [0.3, 0.4) is 0 Å². The largest absolute Gasteiger partial charge is 0.378 e. The maximum Gasteiger partial charge on any atom is 0.228 e. The van der Waals surface area contributed by atoms with Gasteiger partial charge in [0.05, 0.1) is 17.6 Å². The van der Waals surface area contributed by atoms with Crippen LogP contribution in [0.2, 0.25) is 0 Å². The lowest BCUT2D eigenvalue weighted by molar-refractivity contribution is -0.156. The van der Waals surface area contributed by atoms with Gasteiger partial charge in [0.1, 0.15) is 0 Å². The van der Waals surface area contributed by atoms with E-state index in [1.807, 2.05) is 30.6 Å². The predicted molar refractivity (Wildman–Crippen MR) is 76.2 cm³/mol. The first-order valence-electron chi connectivity index (χ1n) is 7.51. The van der Waals surface area contributed by atoms with Crippen LogP contribution in [0.25, 0.3) is 0 Å². The summed E-state index contributed by atoms with van der Waals surface area (Å²) in [5.41, 5.74) is -0.307. The van der Waals surface area contributed by atoms with Gasteiger partial charge in [0.25, 0.3) is 0 Å². The highest BCUT2D eigenvalue weighted by Crippen LogP contribution is 2.28. The van der Waals surface area contributed by atoms with Gasteiger partial charge in [-0.15, -0.1) is 0 Å². The van der Waals surface area contributed by atoms with Crippen molar-refractivity contribution in [2.75, 3.05) is 26.2 Å². The van der Waals surface area contributed by atoms with Crippen molar-refractivity contribution in [3.63, 3.8) is 0 Å². The molecule has 2 aliphatic rings. The number of hydrogen-bond donors (Lipinski definition) is 0. The first-order chi connectivity index (χ1) is 9.33. The highest BCUT2D eigenvalue weighted by molar-refractivity contribution is 5.81. The normalized spacial score (nSPS) is 30.2. The van der Waals surface area contributed by atoms with E-state index in [9.17, 15) is 9.59 Å². The Balaban J connectivity index is 2.08. The average Bonchev–Trinajstić information content (AvgIpc) is 2.37. The minimum absolute atomic E-state index is 0.00196. The minimum atomic E-state index is -0.307. The number of rotatable bonds is 1. The topological polar surface area (TPSA) is 49.9 Å². The Bertz CT molecular complexity index is 395. The van der Waals surface area contributed by atoms with Crippen molar-refractivity contribution < 1.29 is 14.3 Å². The fraction of sp³-hybridized carbons (Fsp3) is 0.867. The van der Waals surface area contributed by atoms with E-state index in [-0.39, 0.29) is 29.4 Å². The third-order valence-electron chi connectivity index (χ3n) is 4.54. The summed E-state index contributed by atoms with van der Waals surface area (Å²) in [5, 5.41) is 0. The lowest BCUT2D eigenvalue weighted by Crippen LogP contribution is -2.63. The van der Waals surface area contributed by atoms with Crippen molar-refractivity contribution in [3.05, 3.63) is 0 Å². The van der Waals surface area contributed by atoms with E-state index in [1.165, 1.54) is 0 Å². The van der Waals surface area contributed by atoms with Crippen LogP contribution in [0, 0.1) is 5.92 Å². The molecule has 2 rings (SSSR count). The number of hydrogen-bond acceptors (Lipinski definition) is 3. The van der Waals surface area contributed by atoms with Crippen LogP contribution in [0.15, 0.2) is 0 Å². The Morgan fingerprint density at radius 1 is 1.25 bits per heavy atom. The van der Waals surface area contributed by atoms with Crippen molar-refractivity contribution in [1.29, 1.82) is 0 Å². The molecular weight excluding hydrogens is 256 g/mol. The molecule has 5 nitrogen and oxygen atoms in total. The van der Waals surface area contributed by atoms with E-state index >= 15 is 0 Å². The third kappa shape index (κ3) is 2.97. The van der Waals surface area contributed by atoms with E-state index in [1.54, 1.807) is 6.92 Å². The molecule has 0 aromatic heterocycles. The highest BCUT2D eigenvalue weighted by atomic mass is 16.5. The predicted octanol–water partition coefficient (Wildman–Crippen LogP) is 1.27. The summed E-state index contributed by atoms with van der Waals surface area (Å²) >= 11 is 0. The molecule has 2 heterocycles. The summed E-state index contributed by atoms with van der Waals surface area (Å²) in [4.78, 5) is 28.1. The molecule has 0 bridgehead atoms. The Morgan fingerprint density at radius 2 is 1.95 bits per heavy atom. The van der Waals surface area contributed by atoms with Crippen LogP contribution < -0.4 is 0 Å². The van der Waals surface area contributed by atoms with Crippen LogP contribution in [0.5, 0.6) is 0 Å². The van der Waals surface area contributed by atoms with E-state index in [4.69, 9.17) is 4.74 Å². The van der Waals surface area contributed by atoms with E-state index in [0.717, 1.165) is 19.4 Å². The highest BCUT2D eigenvalue weighted by Gasteiger charge is 2.41. The molecule has 5 heteroatoms. The quantitative estimate of drug-likeness (QED) is 0.728. The zero-order valence-electron chi connectivity index (χ0n) is 13.0. The molecule has 0 aromatic carbocycles. The summed E-state index contributed by atoms with van der Waals surface area (Å²) in [6, 6.07) is 0. The molecule has 2 amide bonds. The molecule has 0 N–H and O–H groups in total. The standard InChI is InChI=1S/C15H26N2O3/c1-11-13(6-5-9-20-11)14(19)17-8-7-16(12(2)18)10-15(17,3)4/h11,13H,5-10H2,1-4H3. The van der Waals surface area contributed by atoms with Gasteiger partial charge in [0, 0.05) is 33.2 Å². The Labute approximate surface area is 121 Å². The molecule has 2 fully saturated rings. The van der Waals surface area contributed by atoms with Gasteiger partial charge in [-0.2, -0.15) is 0 Å². The van der Waals surface area contributed by atoms with Crippen molar-refractivity contribution in [3.8, 4) is 0 Å². The van der Waals surface area contributed by atoms with Gasteiger partial charge in [0.15, 0.2) is 0 Å². The molecule has 2 saturated heterocycles. The SMILES string of the molecule is CC(=O)N1CCN(C(=O)C2CCCOC2C)C(C)(C)C1. The number of nitrogens with zero attached hydrogens (tertiary/aromatic N) is 2. The molecule has 0 saturated carbocycles. The van der Waals surface area contributed by atoms with E-state index in [0.29, 0.717) is 19.6 Å². The first-order valence-corrected chi connectivity index (χ1v) is 7.51. The molecule has 0 aromatic rings. The van der Waals surface area contributed by atoms with E-state index in [2.05, 4.69) is 0 Å². The van der Waals surface area contributed by atoms with E-state index < -0.39 is 0 Å². The third-order valence-corrected chi connectivity index (χ3v) is 4.54. The number of carbonyl (C=O) groups excluding carboxylic acids is 2. The number of ether oxygens (including phenoxy) is 1. The molecule has 2 unspecified atom stereocenters. The monoisotopic (exact) mass is 282 g/mol. The van der Waals surface area contributed by atoms with Gasteiger partial charge >= 0.3 is 0 Å². The van der Waals surface area contributed by atoms with Crippen LogP contribution in [0.4, 0.5) is 0 Å². The first kappa shape index (κ1) is 15.3. The zero-order chi connectivity index (χ0) is 14.9. The second kappa shape index (κ2) is 5.72. The lowest BCUT2D eigenvalue weighted by Gasteiger charge is -2.48. The van der Waals surface area contributed by atoms with Crippen molar-refractivity contribution in [2.24, 2.45) is 5.92 Å². The smallest absolute Gasteiger partial charge is 0.228 e. The Hall–Kier alpha value is -1.10. The van der Waals surface area contributed by atoms with Gasteiger partial charge in [-0.05, 0) is 33.6 Å². The maximum absolute atomic E-state index is 12.8. The van der Waals surface area contributed by atoms with Gasteiger partial charge in [-0.25, -0.2) is 0 Å². The lowest BCUT2D eigenvalue weighted by atomic mass is 9.90. The summed E-state index contributed by atoms with van der Waals surface area (Å²) < 4.78 is 5.62. The van der Waals surface area contributed by atoms with Crippen LogP contribution >= 0.6 is 0 Å². The van der Waals surface area contributed by atoms with Crippen LogP contribution in [0.1, 0.15) is 40.5 Å². The zero-order valence-corrected chi connectivity index (χ0v) is 13.0. The number of piperazine rings is 1. The van der Waals surface area contributed by atoms with Crippen molar-refractivity contribution in [2.45, 2.75) is 52.2 Å². The van der Waals surface area contributed by atoms with Gasteiger partial charge in [-0.3, -0.25) is 9.59 Å². The van der Waals surface area contributed by atoms with Crippen LogP contribution in [-0.2, 0) is 14.3 Å².